The Bertz CT molecular complexity index is 479. The molecule has 0 saturated heterocycles. The fourth-order valence-electron chi connectivity index (χ4n) is 1.93. The lowest BCUT2D eigenvalue weighted by molar-refractivity contribution is -0.619. The molecule has 1 aromatic rings. The van der Waals surface area contributed by atoms with Crippen molar-refractivity contribution in [2.24, 2.45) is 0 Å². The van der Waals surface area contributed by atoms with E-state index in [-0.39, 0.29) is 22.5 Å². The molecular weight excluding hydrogens is 238 g/mol. The summed E-state index contributed by atoms with van der Waals surface area (Å²) >= 11 is 0. The zero-order valence-corrected chi connectivity index (χ0v) is 11.0. The average molecular weight is 253 g/mol. The first kappa shape index (κ1) is 14.0. The molecule has 6 heteroatoms. The Morgan fingerprint density at radius 3 is 1.56 bits per heavy atom. The standard InChI is InChI=1S/C12H15NO5/c1-6-9(11(14)17-4)7(2)13(16)8(3)10(6)12(15)18-5/h1-5H3. The third-order valence-corrected chi connectivity index (χ3v) is 2.86. The van der Waals surface area contributed by atoms with Crippen molar-refractivity contribution in [1.82, 2.24) is 0 Å². The molecule has 0 fully saturated rings. The van der Waals surface area contributed by atoms with Crippen molar-refractivity contribution in [3.63, 3.8) is 0 Å². The third-order valence-electron chi connectivity index (χ3n) is 2.86. The fraction of sp³-hybridized carbons (Fsp3) is 0.417. The molecule has 0 aliphatic rings. The second-order valence-corrected chi connectivity index (χ2v) is 3.82. The Morgan fingerprint density at radius 1 is 0.944 bits per heavy atom. The molecule has 0 saturated carbocycles. The highest BCUT2D eigenvalue weighted by Crippen LogP contribution is 2.19. The van der Waals surface area contributed by atoms with E-state index in [9.17, 15) is 14.8 Å². The first-order valence-electron chi connectivity index (χ1n) is 5.26. The van der Waals surface area contributed by atoms with Crippen molar-refractivity contribution in [3.05, 3.63) is 33.3 Å². The number of pyridine rings is 1. The minimum Gasteiger partial charge on any atom is -0.618 e. The molecule has 0 bridgehead atoms. The normalized spacial score (nSPS) is 10.1. The molecule has 0 aromatic carbocycles. The monoisotopic (exact) mass is 253 g/mol. The van der Waals surface area contributed by atoms with E-state index in [1.807, 2.05) is 0 Å². The van der Waals surface area contributed by atoms with E-state index in [0.29, 0.717) is 10.3 Å². The van der Waals surface area contributed by atoms with Crippen molar-refractivity contribution in [2.75, 3.05) is 14.2 Å². The molecule has 0 N–H and O–H groups in total. The maximum Gasteiger partial charge on any atom is 0.344 e. The van der Waals surface area contributed by atoms with Gasteiger partial charge < -0.3 is 14.7 Å². The Kier molecular flexibility index (Phi) is 3.90. The Hall–Kier alpha value is -2.11. The van der Waals surface area contributed by atoms with Crippen LogP contribution < -0.4 is 4.73 Å². The van der Waals surface area contributed by atoms with Crippen LogP contribution in [0.5, 0.6) is 0 Å². The molecule has 6 nitrogen and oxygen atoms in total. The number of hydrogen-bond acceptors (Lipinski definition) is 5. The molecule has 0 aliphatic heterocycles. The summed E-state index contributed by atoms with van der Waals surface area (Å²) in [5.74, 6) is -1.31. The fourth-order valence-corrected chi connectivity index (χ4v) is 1.93. The lowest BCUT2D eigenvalue weighted by Crippen LogP contribution is -2.39. The molecular formula is C12H15NO5. The van der Waals surface area contributed by atoms with Crippen LogP contribution in [0.1, 0.15) is 37.7 Å². The molecule has 0 aliphatic carbocycles. The molecule has 1 aromatic heterocycles. The van der Waals surface area contributed by atoms with Gasteiger partial charge in [0.2, 0.25) is 11.4 Å². The lowest BCUT2D eigenvalue weighted by atomic mass is 10.00. The number of methoxy groups -OCH3 is 2. The zero-order valence-electron chi connectivity index (χ0n) is 11.0. The van der Waals surface area contributed by atoms with Crippen LogP contribution in [0.15, 0.2) is 0 Å². The minimum atomic E-state index is -0.653. The average Bonchev–Trinajstić information content (AvgIpc) is 2.35. The van der Waals surface area contributed by atoms with Gasteiger partial charge in [-0.15, -0.1) is 0 Å². The summed E-state index contributed by atoms with van der Waals surface area (Å²) in [6.45, 7) is 4.58. The van der Waals surface area contributed by atoms with Crippen LogP contribution in [-0.2, 0) is 9.47 Å². The van der Waals surface area contributed by atoms with Crippen molar-refractivity contribution in [2.45, 2.75) is 20.8 Å². The van der Waals surface area contributed by atoms with Gasteiger partial charge in [-0.1, -0.05) is 0 Å². The highest BCUT2D eigenvalue weighted by Gasteiger charge is 2.29. The molecule has 0 atom stereocenters. The predicted molar refractivity (Wildman–Crippen MR) is 62.3 cm³/mol. The van der Waals surface area contributed by atoms with Gasteiger partial charge in [0, 0.05) is 13.8 Å². The number of ether oxygens (including phenoxy) is 2. The van der Waals surface area contributed by atoms with E-state index in [1.54, 1.807) is 6.92 Å². The van der Waals surface area contributed by atoms with E-state index in [4.69, 9.17) is 0 Å². The number of aromatic nitrogens is 1. The van der Waals surface area contributed by atoms with Crippen molar-refractivity contribution >= 4 is 11.9 Å². The highest BCUT2D eigenvalue weighted by atomic mass is 16.5. The molecule has 0 amide bonds. The third kappa shape index (κ3) is 2.01. The van der Waals surface area contributed by atoms with Gasteiger partial charge in [0.15, 0.2) is 0 Å². The van der Waals surface area contributed by atoms with Crippen molar-refractivity contribution < 1.29 is 23.8 Å². The largest absolute Gasteiger partial charge is 0.618 e. The van der Waals surface area contributed by atoms with Crippen LogP contribution in [0.3, 0.4) is 0 Å². The van der Waals surface area contributed by atoms with Gasteiger partial charge in [0.1, 0.15) is 11.1 Å². The number of esters is 2. The van der Waals surface area contributed by atoms with Gasteiger partial charge in [0.05, 0.1) is 14.2 Å². The molecule has 1 rings (SSSR count). The number of rotatable bonds is 2. The van der Waals surface area contributed by atoms with E-state index in [2.05, 4.69) is 9.47 Å². The van der Waals surface area contributed by atoms with E-state index in [0.717, 1.165) is 0 Å². The topological polar surface area (TPSA) is 79.5 Å². The Balaban J connectivity index is 3.70. The van der Waals surface area contributed by atoms with Gasteiger partial charge in [0.25, 0.3) is 0 Å². The Labute approximate surface area is 105 Å². The summed E-state index contributed by atoms with van der Waals surface area (Å²) in [6.07, 6.45) is 0. The number of hydrogen-bond donors (Lipinski definition) is 0. The second kappa shape index (κ2) is 5.03. The van der Waals surface area contributed by atoms with E-state index in [1.165, 1.54) is 28.1 Å². The maximum atomic E-state index is 11.9. The van der Waals surface area contributed by atoms with Gasteiger partial charge in [-0.3, -0.25) is 0 Å². The molecule has 98 valence electrons. The highest BCUT2D eigenvalue weighted by molar-refractivity contribution is 5.98. The SMILES string of the molecule is COC(=O)c1c(C)c(C(=O)OC)c(C)[n+]([O-])c1C. The summed E-state index contributed by atoms with van der Waals surface area (Å²) in [6, 6.07) is 0. The summed E-state index contributed by atoms with van der Waals surface area (Å²) in [5.41, 5.74) is 0.974. The van der Waals surface area contributed by atoms with Crippen LogP contribution in [0.2, 0.25) is 0 Å². The minimum absolute atomic E-state index is 0.0958. The summed E-state index contributed by atoms with van der Waals surface area (Å²) < 4.78 is 9.77. The first-order valence-corrected chi connectivity index (χ1v) is 5.26. The van der Waals surface area contributed by atoms with Crippen molar-refractivity contribution in [3.8, 4) is 0 Å². The lowest BCUT2D eigenvalue weighted by Gasteiger charge is -2.14. The van der Waals surface area contributed by atoms with E-state index < -0.39 is 11.9 Å². The Morgan fingerprint density at radius 2 is 1.28 bits per heavy atom. The zero-order chi connectivity index (χ0) is 14.0. The summed E-state index contributed by atoms with van der Waals surface area (Å²) in [4.78, 5) is 23.3. The van der Waals surface area contributed by atoms with Crippen LogP contribution >= 0.6 is 0 Å². The van der Waals surface area contributed by atoms with Gasteiger partial charge in [-0.05, 0) is 12.5 Å². The van der Waals surface area contributed by atoms with Gasteiger partial charge in [-0.25, -0.2) is 9.59 Å². The number of carbonyl (C=O) groups excluding carboxylic acids is 2. The van der Waals surface area contributed by atoms with Crippen LogP contribution in [0.25, 0.3) is 0 Å². The summed E-state index contributed by atoms with van der Waals surface area (Å²) in [5, 5.41) is 11.9. The van der Waals surface area contributed by atoms with Gasteiger partial charge in [-0.2, -0.15) is 4.73 Å². The van der Waals surface area contributed by atoms with Crippen LogP contribution in [0.4, 0.5) is 0 Å². The summed E-state index contributed by atoms with van der Waals surface area (Å²) in [7, 11) is 2.43. The van der Waals surface area contributed by atoms with Crippen LogP contribution in [0, 0.1) is 26.0 Å². The van der Waals surface area contributed by atoms with Gasteiger partial charge >= 0.3 is 11.9 Å². The molecule has 0 unspecified atom stereocenters. The van der Waals surface area contributed by atoms with Crippen LogP contribution in [-0.4, -0.2) is 26.2 Å². The number of nitrogens with zero attached hydrogens (tertiary/aromatic N) is 1. The number of carbonyl (C=O) groups is 2. The maximum absolute atomic E-state index is 11.9. The first-order chi connectivity index (χ1) is 8.36. The smallest absolute Gasteiger partial charge is 0.344 e. The molecule has 18 heavy (non-hydrogen) atoms. The molecule has 1 heterocycles. The molecule has 0 spiro atoms. The second-order valence-electron chi connectivity index (χ2n) is 3.82. The quantitative estimate of drug-likeness (QED) is 0.443. The predicted octanol–water partition coefficient (Wildman–Crippen LogP) is 0.818. The van der Waals surface area contributed by atoms with Crippen molar-refractivity contribution in [1.29, 1.82) is 0 Å². The molecule has 0 radical (unpaired) electrons. The van der Waals surface area contributed by atoms with E-state index >= 15 is 0 Å².